The number of hydrogen-bond acceptors (Lipinski definition) is 2. The van der Waals surface area contributed by atoms with Crippen LogP contribution in [0.15, 0.2) is 24.3 Å². The highest BCUT2D eigenvalue weighted by atomic mass is 14.8. The molecule has 8 bridgehead atoms. The fourth-order valence-electron chi connectivity index (χ4n) is 8.58. The molecule has 40 heavy (non-hydrogen) atoms. The van der Waals surface area contributed by atoms with E-state index in [2.05, 4.69) is 34.2 Å². The molecular formula is C36H38N4. The third-order valence-corrected chi connectivity index (χ3v) is 10.6. The normalized spacial score (nSPS) is 20.2. The second-order valence-corrected chi connectivity index (χ2v) is 12.9. The van der Waals surface area contributed by atoms with Crippen LogP contribution in [0, 0.1) is 0 Å². The van der Waals surface area contributed by atoms with Crippen molar-refractivity contribution < 1.29 is 0 Å². The lowest BCUT2D eigenvalue weighted by molar-refractivity contribution is 0.696. The van der Waals surface area contributed by atoms with Gasteiger partial charge in [0.15, 0.2) is 0 Å². The van der Waals surface area contributed by atoms with Gasteiger partial charge in [0.05, 0.1) is 22.8 Å². The van der Waals surface area contributed by atoms with Crippen LogP contribution in [-0.4, -0.2) is 19.9 Å². The van der Waals surface area contributed by atoms with E-state index >= 15 is 0 Å². The molecule has 6 aliphatic rings. The topological polar surface area (TPSA) is 57.4 Å². The minimum atomic E-state index is 1.15. The summed E-state index contributed by atoms with van der Waals surface area (Å²) < 4.78 is 0. The first kappa shape index (κ1) is 23.3. The molecule has 0 saturated heterocycles. The van der Waals surface area contributed by atoms with Crippen molar-refractivity contribution in [3.63, 3.8) is 0 Å². The van der Waals surface area contributed by atoms with Gasteiger partial charge >= 0.3 is 0 Å². The van der Waals surface area contributed by atoms with Crippen molar-refractivity contribution >= 4 is 44.4 Å². The molecule has 3 aromatic rings. The zero-order valence-corrected chi connectivity index (χ0v) is 23.5. The first-order chi connectivity index (χ1) is 19.8. The number of rotatable bonds is 0. The second-order valence-electron chi connectivity index (χ2n) is 12.9. The molecule has 9 rings (SSSR count). The maximum Gasteiger partial charge on any atom is 0.0693 e. The van der Waals surface area contributed by atoms with Crippen LogP contribution in [0.25, 0.3) is 44.4 Å². The van der Waals surface area contributed by atoms with Gasteiger partial charge in [-0.1, -0.05) is 0 Å². The van der Waals surface area contributed by atoms with Gasteiger partial charge in [-0.2, -0.15) is 0 Å². The summed E-state index contributed by atoms with van der Waals surface area (Å²) in [6, 6.07) is 9.60. The monoisotopic (exact) mass is 526 g/mol. The first-order valence-electron chi connectivity index (χ1n) is 16.0. The lowest BCUT2D eigenvalue weighted by Crippen LogP contribution is -1.99. The van der Waals surface area contributed by atoms with Gasteiger partial charge in [0.2, 0.25) is 0 Å². The third-order valence-electron chi connectivity index (χ3n) is 10.6. The van der Waals surface area contributed by atoms with E-state index in [-0.39, 0.29) is 0 Å². The smallest absolute Gasteiger partial charge is 0.0693 e. The van der Waals surface area contributed by atoms with Crippen molar-refractivity contribution in [3.05, 3.63) is 69.3 Å². The number of fused-ring (bicyclic) bond motifs is 18. The molecule has 0 spiro atoms. The minimum absolute atomic E-state index is 1.15. The minimum Gasteiger partial charge on any atom is -0.355 e. The third kappa shape index (κ3) is 3.57. The molecule has 4 nitrogen and oxygen atoms in total. The molecule has 5 heterocycles. The van der Waals surface area contributed by atoms with Gasteiger partial charge in [0.25, 0.3) is 0 Å². The van der Waals surface area contributed by atoms with E-state index in [1.54, 1.807) is 0 Å². The Kier molecular flexibility index (Phi) is 5.28. The van der Waals surface area contributed by atoms with Gasteiger partial charge in [-0.3, -0.25) is 0 Å². The van der Waals surface area contributed by atoms with Gasteiger partial charge in [-0.25, -0.2) is 9.97 Å². The van der Waals surface area contributed by atoms with E-state index in [0.717, 1.165) is 51.4 Å². The van der Waals surface area contributed by atoms with Crippen LogP contribution >= 0.6 is 0 Å². The Morgan fingerprint density at radius 3 is 0.875 bits per heavy atom. The summed E-state index contributed by atoms with van der Waals surface area (Å²) in [6.07, 6.45) is 19.5. The van der Waals surface area contributed by atoms with Crippen molar-refractivity contribution in [3.8, 4) is 0 Å². The predicted octanol–water partition coefficient (Wildman–Crippen LogP) is 9.04. The Hall–Kier alpha value is -3.40. The van der Waals surface area contributed by atoms with Crippen molar-refractivity contribution in [2.45, 2.75) is 103 Å². The van der Waals surface area contributed by atoms with Crippen LogP contribution in [0.5, 0.6) is 0 Å². The zero-order valence-electron chi connectivity index (χ0n) is 23.5. The van der Waals surface area contributed by atoms with Gasteiger partial charge in [-0.15, -0.1) is 0 Å². The molecule has 4 aliphatic carbocycles. The van der Waals surface area contributed by atoms with E-state index in [1.165, 1.54) is 141 Å². The number of aromatic amines is 2. The van der Waals surface area contributed by atoms with E-state index in [9.17, 15) is 0 Å². The molecule has 0 amide bonds. The average Bonchev–Trinajstić information content (AvgIpc) is 3.73. The van der Waals surface area contributed by atoms with Crippen LogP contribution in [0.3, 0.4) is 0 Å². The highest BCUT2D eigenvalue weighted by molar-refractivity contribution is 5.96. The molecule has 202 valence electrons. The maximum atomic E-state index is 5.38. The van der Waals surface area contributed by atoms with Gasteiger partial charge in [-0.05, 0) is 172 Å². The Morgan fingerprint density at radius 2 is 0.600 bits per heavy atom. The van der Waals surface area contributed by atoms with E-state index < -0.39 is 0 Å². The van der Waals surface area contributed by atoms with Crippen LogP contribution in [-0.2, 0) is 25.7 Å². The highest BCUT2D eigenvalue weighted by Gasteiger charge is 2.27. The van der Waals surface area contributed by atoms with Crippen LogP contribution in [0.4, 0.5) is 0 Å². The van der Waals surface area contributed by atoms with Crippen molar-refractivity contribution in [1.29, 1.82) is 0 Å². The van der Waals surface area contributed by atoms with Crippen molar-refractivity contribution in [2.24, 2.45) is 0 Å². The molecular weight excluding hydrogens is 488 g/mol. The summed E-state index contributed by atoms with van der Waals surface area (Å²) in [5.74, 6) is 0. The molecule has 0 aromatic carbocycles. The number of allylic oxidation sites excluding steroid dienone is 4. The molecule has 0 fully saturated rings. The summed E-state index contributed by atoms with van der Waals surface area (Å²) in [7, 11) is 0. The first-order valence-corrected chi connectivity index (χ1v) is 16.0. The van der Waals surface area contributed by atoms with Crippen LogP contribution < -0.4 is 0 Å². The number of nitrogens with zero attached hydrogens (tertiary/aromatic N) is 2. The van der Waals surface area contributed by atoms with Gasteiger partial charge in [0.1, 0.15) is 0 Å². The summed E-state index contributed by atoms with van der Waals surface area (Å²) in [5.41, 5.74) is 22.0. The lowest BCUT2D eigenvalue weighted by Gasteiger charge is -2.14. The molecule has 2 aliphatic heterocycles. The highest BCUT2D eigenvalue weighted by Crippen LogP contribution is 2.44. The summed E-state index contributed by atoms with van der Waals surface area (Å²) >= 11 is 0. The lowest BCUT2D eigenvalue weighted by atomic mass is 9.88. The summed E-state index contributed by atoms with van der Waals surface area (Å²) in [6.45, 7) is 0. The van der Waals surface area contributed by atoms with Gasteiger partial charge < -0.3 is 9.97 Å². The quantitative estimate of drug-likeness (QED) is 0.307. The molecule has 0 radical (unpaired) electrons. The Labute approximate surface area is 236 Å². The molecule has 2 N–H and O–H groups in total. The standard InChI is InChI=1S/C36H38N4/c1-2-10-22-21(9-1)29-17-31-23-11-3-4-12-24(23)33(38-31)19-35-27-15-7-8-16-28(27)36(40-35)20-34-26-14-6-5-13-25(26)32(39-34)18-30(22)37-29/h17-20,37,40H,1-16H2. The molecule has 0 saturated carbocycles. The summed E-state index contributed by atoms with van der Waals surface area (Å²) in [4.78, 5) is 18.6. The molecule has 4 heteroatoms. The number of H-pyrrole nitrogens is 2. The Bertz CT molecular complexity index is 1550. The Balaban J connectivity index is 1.42. The largest absolute Gasteiger partial charge is 0.355 e. The number of aromatic nitrogens is 4. The molecule has 0 atom stereocenters. The number of nitrogens with one attached hydrogen (secondary N) is 2. The van der Waals surface area contributed by atoms with Crippen LogP contribution in [0.2, 0.25) is 0 Å². The van der Waals surface area contributed by atoms with E-state index in [4.69, 9.17) is 9.97 Å². The number of aryl methyl sites for hydroxylation is 4. The second kappa shape index (κ2) is 9.06. The van der Waals surface area contributed by atoms with E-state index in [0.29, 0.717) is 0 Å². The fourth-order valence-corrected chi connectivity index (χ4v) is 8.58. The van der Waals surface area contributed by atoms with Crippen molar-refractivity contribution in [2.75, 3.05) is 0 Å². The van der Waals surface area contributed by atoms with Crippen LogP contribution in [0.1, 0.15) is 122 Å². The summed E-state index contributed by atoms with van der Waals surface area (Å²) in [5, 5.41) is 0. The average molecular weight is 527 g/mol. The SMILES string of the molecule is c1c2nc(cc3[nH]c(cc4nc(cc5[nH]c1c1c5CCCC1)C1=C4CCCC1)c1c3CCCC1)C1=C2CCCC1. The predicted molar refractivity (Wildman–Crippen MR) is 165 cm³/mol. The maximum absolute atomic E-state index is 5.38. The number of hydrogen-bond donors (Lipinski definition) is 2. The Morgan fingerprint density at radius 1 is 0.350 bits per heavy atom. The molecule has 0 unspecified atom stereocenters. The van der Waals surface area contributed by atoms with Gasteiger partial charge in [0, 0.05) is 22.1 Å². The van der Waals surface area contributed by atoms with Crippen molar-refractivity contribution in [1.82, 2.24) is 19.9 Å². The zero-order chi connectivity index (χ0) is 26.2. The van der Waals surface area contributed by atoms with E-state index in [1.807, 2.05) is 0 Å². The fraction of sp³-hybridized carbons (Fsp3) is 0.444. The molecule has 3 aromatic heterocycles.